The lowest BCUT2D eigenvalue weighted by atomic mass is 9.99. The van der Waals surface area contributed by atoms with E-state index in [1.165, 1.54) is 11.2 Å². The highest BCUT2D eigenvalue weighted by Crippen LogP contribution is 2.27. The number of benzene rings is 1. The number of nitrogens with zero attached hydrogens (tertiary/aromatic N) is 1. The van der Waals surface area contributed by atoms with E-state index in [-0.39, 0.29) is 16.5 Å². The fourth-order valence-electron chi connectivity index (χ4n) is 3.06. The van der Waals surface area contributed by atoms with Gasteiger partial charge in [-0.05, 0) is 55.5 Å². The topological polar surface area (TPSA) is 80.8 Å². The molecule has 3 rings (SSSR count). The first-order chi connectivity index (χ1) is 13.3. The Morgan fingerprint density at radius 2 is 1.96 bits per heavy atom. The molecular formula is C19H20ClNO5S2. The second-order valence-corrected chi connectivity index (χ2v) is 10.1. The van der Waals surface area contributed by atoms with Crippen LogP contribution in [0.5, 0.6) is 0 Å². The molecule has 150 valence electrons. The minimum atomic E-state index is -3.61. The van der Waals surface area contributed by atoms with Gasteiger partial charge in [0.1, 0.15) is 4.21 Å². The molecule has 1 aromatic carbocycles. The van der Waals surface area contributed by atoms with Gasteiger partial charge in [0.25, 0.3) is 10.0 Å². The van der Waals surface area contributed by atoms with Crippen molar-refractivity contribution in [2.24, 2.45) is 5.92 Å². The van der Waals surface area contributed by atoms with Crippen molar-refractivity contribution in [3.8, 4) is 0 Å². The van der Waals surface area contributed by atoms with E-state index in [4.69, 9.17) is 16.3 Å². The van der Waals surface area contributed by atoms with Crippen LogP contribution < -0.4 is 0 Å². The number of rotatable bonds is 6. The van der Waals surface area contributed by atoms with Gasteiger partial charge < -0.3 is 4.74 Å². The molecule has 0 spiro atoms. The van der Waals surface area contributed by atoms with Gasteiger partial charge in [0.2, 0.25) is 5.78 Å². The molecule has 0 bridgehead atoms. The highest BCUT2D eigenvalue weighted by molar-refractivity contribution is 7.91. The van der Waals surface area contributed by atoms with E-state index in [9.17, 15) is 18.0 Å². The van der Waals surface area contributed by atoms with Gasteiger partial charge in [-0.15, -0.1) is 11.3 Å². The number of halogens is 1. The zero-order valence-electron chi connectivity index (χ0n) is 15.2. The average molecular weight is 442 g/mol. The van der Waals surface area contributed by atoms with Gasteiger partial charge in [-0.3, -0.25) is 9.59 Å². The lowest BCUT2D eigenvalue weighted by molar-refractivity contribution is -0.152. The van der Waals surface area contributed by atoms with Crippen molar-refractivity contribution in [2.75, 3.05) is 13.1 Å². The van der Waals surface area contributed by atoms with Crippen molar-refractivity contribution in [1.82, 2.24) is 4.31 Å². The van der Waals surface area contributed by atoms with Crippen LogP contribution in [0.15, 0.2) is 46.0 Å². The summed E-state index contributed by atoms with van der Waals surface area (Å²) in [6.07, 6.45) is 0.124. The highest BCUT2D eigenvalue weighted by Gasteiger charge is 2.35. The number of esters is 1. The monoisotopic (exact) mass is 441 g/mol. The summed E-state index contributed by atoms with van der Waals surface area (Å²) in [5.41, 5.74) is 0.398. The maximum absolute atomic E-state index is 12.7. The first-order valence-electron chi connectivity index (χ1n) is 8.83. The molecule has 0 saturated carbocycles. The van der Waals surface area contributed by atoms with Gasteiger partial charge in [-0.1, -0.05) is 17.7 Å². The summed E-state index contributed by atoms with van der Waals surface area (Å²) in [6.45, 7) is 1.93. The molecule has 0 radical (unpaired) electrons. The Labute approximate surface area is 173 Å². The predicted molar refractivity (Wildman–Crippen MR) is 107 cm³/mol. The quantitative estimate of drug-likeness (QED) is 0.505. The van der Waals surface area contributed by atoms with E-state index < -0.39 is 28.0 Å². The smallest absolute Gasteiger partial charge is 0.310 e. The third kappa shape index (κ3) is 4.63. The Hall–Kier alpha value is -1.74. The Bertz CT molecular complexity index is 941. The maximum Gasteiger partial charge on any atom is 0.310 e. The summed E-state index contributed by atoms with van der Waals surface area (Å²) in [6, 6.07) is 9.57. The van der Waals surface area contributed by atoms with E-state index in [0.717, 1.165) is 11.3 Å². The molecule has 0 aliphatic carbocycles. The van der Waals surface area contributed by atoms with Gasteiger partial charge in [0.15, 0.2) is 6.10 Å². The van der Waals surface area contributed by atoms with Crippen LogP contribution in [0, 0.1) is 5.92 Å². The van der Waals surface area contributed by atoms with Crippen molar-refractivity contribution >= 4 is 44.7 Å². The molecule has 1 fully saturated rings. The number of carbonyl (C=O) groups excluding carboxylic acids is 2. The van der Waals surface area contributed by atoms with Crippen molar-refractivity contribution in [2.45, 2.75) is 30.1 Å². The Morgan fingerprint density at radius 3 is 2.61 bits per heavy atom. The standard InChI is InChI=1S/C19H20ClNO5S2/c1-13(18(22)14-6-8-16(20)9-7-14)26-19(23)15-4-2-10-21(12-15)28(24,25)17-5-3-11-27-17/h3,5-9,11,13,15H,2,4,10,12H2,1H3. The molecule has 1 saturated heterocycles. The van der Waals surface area contributed by atoms with Crippen LogP contribution in [0.4, 0.5) is 0 Å². The van der Waals surface area contributed by atoms with E-state index >= 15 is 0 Å². The molecule has 2 aromatic rings. The number of Topliss-reactive ketones (excluding diaryl/α,β-unsaturated/α-hetero) is 1. The van der Waals surface area contributed by atoms with Crippen molar-refractivity contribution in [3.05, 3.63) is 52.4 Å². The van der Waals surface area contributed by atoms with E-state index in [0.29, 0.717) is 30.0 Å². The fraction of sp³-hybridized carbons (Fsp3) is 0.368. The molecule has 0 amide bonds. The summed E-state index contributed by atoms with van der Waals surface area (Å²) in [4.78, 5) is 25.0. The highest BCUT2D eigenvalue weighted by atomic mass is 35.5. The molecule has 0 N–H and O–H groups in total. The number of ketones is 1. The predicted octanol–water partition coefficient (Wildman–Crippen LogP) is 3.62. The van der Waals surface area contributed by atoms with E-state index in [2.05, 4.69) is 0 Å². The molecule has 2 heterocycles. The van der Waals surface area contributed by atoms with Crippen molar-refractivity contribution < 1.29 is 22.7 Å². The van der Waals surface area contributed by atoms with Crippen molar-refractivity contribution in [3.63, 3.8) is 0 Å². The number of piperidine rings is 1. The molecular weight excluding hydrogens is 422 g/mol. The molecule has 2 atom stereocenters. The zero-order chi connectivity index (χ0) is 20.3. The normalized spacial score (nSPS) is 19.1. The molecule has 2 unspecified atom stereocenters. The largest absolute Gasteiger partial charge is 0.454 e. The summed E-state index contributed by atoms with van der Waals surface area (Å²) in [5.74, 6) is -1.48. The van der Waals surface area contributed by atoms with Gasteiger partial charge in [-0.2, -0.15) is 4.31 Å². The van der Waals surface area contributed by atoms with Crippen LogP contribution in [-0.4, -0.2) is 43.7 Å². The number of thiophene rings is 1. The minimum absolute atomic E-state index is 0.0565. The summed E-state index contributed by atoms with van der Waals surface area (Å²) in [5, 5.41) is 2.21. The number of hydrogen-bond donors (Lipinski definition) is 0. The molecule has 28 heavy (non-hydrogen) atoms. The van der Waals surface area contributed by atoms with Crippen LogP contribution in [0.1, 0.15) is 30.1 Å². The average Bonchev–Trinajstić information content (AvgIpc) is 3.24. The van der Waals surface area contributed by atoms with Gasteiger partial charge in [0, 0.05) is 23.7 Å². The number of ether oxygens (including phenoxy) is 1. The van der Waals surface area contributed by atoms with Crippen molar-refractivity contribution in [1.29, 1.82) is 0 Å². The molecule has 9 heteroatoms. The number of carbonyl (C=O) groups is 2. The third-order valence-corrected chi connectivity index (χ3v) is 8.09. The van der Waals surface area contributed by atoms with Crippen LogP contribution in [0.3, 0.4) is 0 Å². The Morgan fingerprint density at radius 1 is 1.25 bits per heavy atom. The first kappa shape index (κ1) is 21.0. The van der Waals surface area contributed by atoms with E-state index in [1.807, 2.05) is 0 Å². The summed E-state index contributed by atoms with van der Waals surface area (Å²) < 4.78 is 32.3. The summed E-state index contributed by atoms with van der Waals surface area (Å²) in [7, 11) is -3.61. The number of hydrogen-bond acceptors (Lipinski definition) is 6. The minimum Gasteiger partial charge on any atom is -0.454 e. The lowest BCUT2D eigenvalue weighted by Crippen LogP contribution is -2.43. The molecule has 6 nitrogen and oxygen atoms in total. The van der Waals surface area contributed by atoms with Crippen LogP contribution in [-0.2, 0) is 19.6 Å². The molecule has 1 aromatic heterocycles. The Balaban J connectivity index is 1.64. The second-order valence-electron chi connectivity index (χ2n) is 6.58. The molecule has 1 aliphatic heterocycles. The first-order valence-corrected chi connectivity index (χ1v) is 11.5. The third-order valence-electron chi connectivity index (χ3n) is 4.60. The van der Waals surface area contributed by atoms with Crippen LogP contribution >= 0.6 is 22.9 Å². The van der Waals surface area contributed by atoms with Gasteiger partial charge >= 0.3 is 5.97 Å². The summed E-state index contributed by atoms with van der Waals surface area (Å²) >= 11 is 6.97. The Kier molecular flexibility index (Phi) is 6.54. The fourth-order valence-corrected chi connectivity index (χ4v) is 5.86. The molecule has 1 aliphatic rings. The lowest BCUT2D eigenvalue weighted by Gasteiger charge is -2.30. The number of sulfonamides is 1. The second kappa shape index (κ2) is 8.73. The maximum atomic E-state index is 12.7. The van der Waals surface area contributed by atoms with Gasteiger partial charge in [0.05, 0.1) is 5.92 Å². The van der Waals surface area contributed by atoms with E-state index in [1.54, 1.807) is 41.8 Å². The van der Waals surface area contributed by atoms with Crippen LogP contribution in [0.2, 0.25) is 5.02 Å². The SMILES string of the molecule is CC(OC(=O)C1CCCN(S(=O)(=O)c2cccs2)C1)C(=O)c1ccc(Cl)cc1. The van der Waals surface area contributed by atoms with Crippen LogP contribution in [0.25, 0.3) is 0 Å². The zero-order valence-corrected chi connectivity index (χ0v) is 17.6. The van der Waals surface area contributed by atoms with Gasteiger partial charge in [-0.25, -0.2) is 8.42 Å².